The molecular weight excluding hydrogens is 403 g/mol. The maximum atomic E-state index is 14.7. The van der Waals surface area contributed by atoms with Crippen LogP contribution in [0.4, 0.5) is 15.8 Å². The summed E-state index contributed by atoms with van der Waals surface area (Å²) in [5.74, 6) is -0.955. The largest absolute Gasteiger partial charge is 0.469 e. The minimum absolute atomic E-state index is 0.167. The Morgan fingerprint density at radius 2 is 1.83 bits per heavy atom. The van der Waals surface area contributed by atoms with Crippen molar-refractivity contribution in [2.45, 2.75) is 45.6 Å². The Morgan fingerprint density at radius 3 is 2.47 bits per heavy atom. The smallest absolute Gasteiger partial charge is 0.305 e. The summed E-state index contributed by atoms with van der Waals surface area (Å²) in [7, 11) is 1.38. The second-order valence-electron chi connectivity index (χ2n) is 7.82. The third-order valence-electron chi connectivity index (χ3n) is 5.35. The molecule has 0 unspecified atom stereocenters. The van der Waals surface area contributed by atoms with Crippen molar-refractivity contribution in [3.05, 3.63) is 59.4 Å². The first-order valence-corrected chi connectivity index (χ1v) is 10.2. The molecule has 5 nitrogen and oxygen atoms in total. The number of ether oxygens (including phenoxy) is 1. The topological polar surface area (TPSA) is 49.9 Å². The van der Waals surface area contributed by atoms with Gasteiger partial charge in [0.2, 0.25) is 0 Å². The molecule has 0 bridgehead atoms. The molecule has 1 saturated heterocycles. The third kappa shape index (κ3) is 3.94. The van der Waals surface area contributed by atoms with Gasteiger partial charge in [0.25, 0.3) is 5.91 Å². The summed E-state index contributed by atoms with van der Waals surface area (Å²) in [6.07, 6.45) is 1.80. The summed E-state index contributed by atoms with van der Waals surface area (Å²) in [6, 6.07) is 12.6. The second-order valence-corrected chi connectivity index (χ2v) is 8.19. The number of benzene rings is 2. The van der Waals surface area contributed by atoms with Gasteiger partial charge in [-0.1, -0.05) is 24.3 Å². The summed E-state index contributed by atoms with van der Waals surface area (Å²) in [6.45, 7) is 5.21. The van der Waals surface area contributed by atoms with Gasteiger partial charge in [-0.3, -0.25) is 14.5 Å². The van der Waals surface area contributed by atoms with Crippen LogP contribution in [-0.2, 0) is 20.7 Å². The van der Waals surface area contributed by atoms with E-state index >= 15 is 0 Å². The van der Waals surface area contributed by atoms with Crippen LogP contribution < -0.4 is 9.80 Å². The van der Waals surface area contributed by atoms with E-state index in [1.807, 2.05) is 24.3 Å². The van der Waals surface area contributed by atoms with Gasteiger partial charge in [-0.25, -0.2) is 4.39 Å². The number of aryl methyl sites for hydroxylation is 2. The molecule has 0 atom stereocenters. The molecule has 1 heterocycles. The molecule has 0 aromatic heterocycles. The van der Waals surface area contributed by atoms with Crippen LogP contribution in [0.5, 0.6) is 0 Å². The summed E-state index contributed by atoms with van der Waals surface area (Å²) >= 11 is 5.61. The SMILES string of the molecule is COC(=O)CCCc1ccc(N2C(=S)N(c3cccc(C)c3F)C(=O)C2(C)C)cc1. The third-order valence-corrected chi connectivity index (χ3v) is 5.71. The van der Waals surface area contributed by atoms with Crippen molar-refractivity contribution in [2.75, 3.05) is 16.9 Å². The molecule has 0 saturated carbocycles. The first-order chi connectivity index (χ1) is 14.2. The van der Waals surface area contributed by atoms with E-state index in [0.29, 0.717) is 18.4 Å². The number of carbonyl (C=O) groups excluding carboxylic acids is 2. The van der Waals surface area contributed by atoms with Crippen LogP contribution in [0.3, 0.4) is 0 Å². The Balaban J connectivity index is 1.85. The first-order valence-electron chi connectivity index (χ1n) is 9.78. The summed E-state index contributed by atoms with van der Waals surface area (Å²) < 4.78 is 19.4. The maximum absolute atomic E-state index is 14.7. The number of anilines is 2. The molecule has 1 aliphatic rings. The van der Waals surface area contributed by atoms with Gasteiger partial charge >= 0.3 is 5.97 Å². The van der Waals surface area contributed by atoms with Gasteiger partial charge in [-0.05, 0) is 75.2 Å². The molecule has 158 valence electrons. The number of amides is 1. The Labute approximate surface area is 181 Å². The predicted octanol–water partition coefficient (Wildman–Crippen LogP) is 4.55. The van der Waals surface area contributed by atoms with E-state index in [2.05, 4.69) is 4.74 Å². The number of halogens is 1. The lowest BCUT2D eigenvalue weighted by Crippen LogP contribution is -2.44. The summed E-state index contributed by atoms with van der Waals surface area (Å²) in [4.78, 5) is 27.5. The van der Waals surface area contributed by atoms with Gasteiger partial charge in [0.1, 0.15) is 11.4 Å². The van der Waals surface area contributed by atoms with Gasteiger partial charge in [0.15, 0.2) is 5.11 Å². The molecule has 3 rings (SSSR count). The van der Waals surface area contributed by atoms with Crippen molar-refractivity contribution >= 4 is 40.6 Å². The minimum atomic E-state index is -0.959. The van der Waals surface area contributed by atoms with E-state index in [1.54, 1.807) is 43.9 Å². The van der Waals surface area contributed by atoms with Crippen LogP contribution in [0.2, 0.25) is 0 Å². The molecule has 0 radical (unpaired) electrons. The van der Waals surface area contributed by atoms with E-state index in [9.17, 15) is 14.0 Å². The summed E-state index contributed by atoms with van der Waals surface area (Å²) in [5, 5.41) is 0.243. The molecule has 0 N–H and O–H groups in total. The van der Waals surface area contributed by atoms with Gasteiger partial charge in [-0.2, -0.15) is 0 Å². The van der Waals surface area contributed by atoms with Gasteiger partial charge in [0.05, 0.1) is 12.8 Å². The zero-order valence-corrected chi connectivity index (χ0v) is 18.4. The van der Waals surface area contributed by atoms with E-state index < -0.39 is 11.4 Å². The highest BCUT2D eigenvalue weighted by atomic mass is 32.1. The average molecular weight is 429 g/mol. The van der Waals surface area contributed by atoms with Crippen molar-refractivity contribution in [3.63, 3.8) is 0 Å². The number of thiocarbonyl (C=S) groups is 1. The molecule has 2 aromatic rings. The number of esters is 1. The van der Waals surface area contributed by atoms with Crippen LogP contribution in [0, 0.1) is 12.7 Å². The standard InChI is InChI=1S/C23H25FN2O3S/c1-15-7-5-9-18(20(15)24)25-21(28)23(2,3)26(22(25)30)17-13-11-16(12-14-17)8-6-10-19(27)29-4/h5,7,9,11-14H,6,8,10H2,1-4H3. The molecule has 1 fully saturated rings. The van der Waals surface area contributed by atoms with E-state index in [0.717, 1.165) is 17.7 Å². The Morgan fingerprint density at radius 1 is 1.17 bits per heavy atom. The van der Waals surface area contributed by atoms with Gasteiger partial charge < -0.3 is 9.64 Å². The highest BCUT2D eigenvalue weighted by molar-refractivity contribution is 7.81. The Kier molecular flexibility index (Phi) is 6.22. The lowest BCUT2D eigenvalue weighted by atomic mass is 10.0. The molecule has 1 aliphatic heterocycles. The van der Waals surface area contributed by atoms with Gasteiger partial charge in [-0.15, -0.1) is 0 Å². The minimum Gasteiger partial charge on any atom is -0.469 e. The zero-order valence-electron chi connectivity index (χ0n) is 17.6. The Hall–Kier alpha value is -2.80. The second kappa shape index (κ2) is 8.52. The molecule has 30 heavy (non-hydrogen) atoms. The van der Waals surface area contributed by atoms with Crippen molar-refractivity contribution in [1.82, 2.24) is 0 Å². The quantitative estimate of drug-likeness (QED) is 0.499. The lowest BCUT2D eigenvalue weighted by Gasteiger charge is -2.29. The fourth-order valence-corrected chi connectivity index (χ4v) is 4.11. The number of carbonyl (C=O) groups is 2. The van der Waals surface area contributed by atoms with E-state index in [4.69, 9.17) is 12.2 Å². The molecule has 7 heteroatoms. The van der Waals surface area contributed by atoms with Crippen LogP contribution >= 0.6 is 12.2 Å². The van der Waals surface area contributed by atoms with Crippen molar-refractivity contribution in [1.29, 1.82) is 0 Å². The number of hydrogen-bond acceptors (Lipinski definition) is 4. The molecule has 0 spiro atoms. The molecule has 1 amide bonds. The normalized spacial score (nSPS) is 15.6. The number of nitrogens with zero attached hydrogens (tertiary/aromatic N) is 2. The number of hydrogen-bond donors (Lipinski definition) is 0. The van der Waals surface area contributed by atoms with Crippen LogP contribution in [-0.4, -0.2) is 29.6 Å². The van der Waals surface area contributed by atoms with Crippen LogP contribution in [0.15, 0.2) is 42.5 Å². The lowest BCUT2D eigenvalue weighted by molar-refractivity contribution is -0.140. The average Bonchev–Trinajstić information content (AvgIpc) is 2.89. The van der Waals surface area contributed by atoms with E-state index in [1.165, 1.54) is 12.0 Å². The first kappa shape index (κ1) is 21.9. The highest BCUT2D eigenvalue weighted by Gasteiger charge is 2.50. The highest BCUT2D eigenvalue weighted by Crippen LogP contribution is 2.37. The van der Waals surface area contributed by atoms with Crippen LogP contribution in [0.1, 0.15) is 37.8 Å². The number of methoxy groups -OCH3 is 1. The van der Waals surface area contributed by atoms with Crippen molar-refractivity contribution in [2.24, 2.45) is 0 Å². The Bertz CT molecular complexity index is 988. The maximum Gasteiger partial charge on any atom is 0.305 e. The van der Waals surface area contributed by atoms with Gasteiger partial charge in [0, 0.05) is 12.1 Å². The van der Waals surface area contributed by atoms with Crippen molar-refractivity contribution in [3.8, 4) is 0 Å². The van der Waals surface area contributed by atoms with E-state index in [-0.39, 0.29) is 22.7 Å². The predicted molar refractivity (Wildman–Crippen MR) is 119 cm³/mol. The number of rotatable bonds is 6. The monoisotopic (exact) mass is 428 g/mol. The molecule has 2 aromatic carbocycles. The fraction of sp³-hybridized carbons (Fsp3) is 0.348. The molecule has 0 aliphatic carbocycles. The van der Waals surface area contributed by atoms with Crippen molar-refractivity contribution < 1.29 is 18.7 Å². The van der Waals surface area contributed by atoms with Crippen LogP contribution in [0.25, 0.3) is 0 Å². The summed E-state index contributed by atoms with van der Waals surface area (Å²) in [5.41, 5.74) is 1.49. The fourth-order valence-electron chi connectivity index (χ4n) is 3.60. The molecular formula is C23H25FN2O3S. The zero-order chi connectivity index (χ0) is 22.1.